The Balaban J connectivity index is 2.39. The molecular formula is C17H16ClN3O7. The van der Waals surface area contributed by atoms with Crippen LogP contribution in [0.2, 0.25) is 5.02 Å². The second-order valence-electron chi connectivity index (χ2n) is 7.16. The molecule has 11 heteroatoms. The molecule has 3 rings (SSSR count). The number of halogens is 1. The first kappa shape index (κ1) is 19.8. The highest BCUT2D eigenvalue weighted by Crippen LogP contribution is 2.48. The summed E-state index contributed by atoms with van der Waals surface area (Å²) in [5.74, 6) is 0.210. The lowest BCUT2D eigenvalue weighted by atomic mass is 9.75. The van der Waals surface area contributed by atoms with Crippen LogP contribution in [0.15, 0.2) is 35.3 Å². The van der Waals surface area contributed by atoms with Gasteiger partial charge in [-0.3, -0.25) is 29.6 Å². The average Bonchev–Trinajstić information content (AvgIpc) is 2.58. The minimum absolute atomic E-state index is 0.136. The number of nitrogens with zero attached hydrogens (tertiary/aromatic N) is 3. The lowest BCUT2D eigenvalue weighted by Crippen LogP contribution is -2.60. The van der Waals surface area contributed by atoms with Gasteiger partial charge in [0.25, 0.3) is 16.9 Å². The van der Waals surface area contributed by atoms with E-state index in [9.17, 15) is 30.1 Å². The molecule has 0 saturated carbocycles. The summed E-state index contributed by atoms with van der Waals surface area (Å²) < 4.78 is 6.74. The van der Waals surface area contributed by atoms with Crippen molar-refractivity contribution in [2.75, 3.05) is 0 Å². The van der Waals surface area contributed by atoms with Gasteiger partial charge in [0.15, 0.2) is 0 Å². The topological polar surface area (TPSA) is 138 Å². The summed E-state index contributed by atoms with van der Waals surface area (Å²) in [7, 11) is 0. The molecule has 28 heavy (non-hydrogen) atoms. The number of rotatable bonds is 3. The van der Waals surface area contributed by atoms with Crippen LogP contribution in [0.4, 0.5) is 11.4 Å². The van der Waals surface area contributed by atoms with E-state index in [1.807, 2.05) is 0 Å². The van der Waals surface area contributed by atoms with Crippen LogP contribution in [0.5, 0.6) is 5.75 Å². The highest BCUT2D eigenvalue weighted by molar-refractivity contribution is 6.30. The first-order chi connectivity index (χ1) is 12.9. The molecule has 0 bridgehead atoms. The van der Waals surface area contributed by atoms with Crippen LogP contribution in [0.3, 0.4) is 0 Å². The summed E-state index contributed by atoms with van der Waals surface area (Å²) in [6.07, 6.45) is 0.956. The number of pyridine rings is 1. The van der Waals surface area contributed by atoms with Crippen molar-refractivity contribution in [1.82, 2.24) is 4.57 Å². The molecule has 2 unspecified atom stereocenters. The van der Waals surface area contributed by atoms with E-state index in [1.54, 1.807) is 13.8 Å². The highest BCUT2D eigenvalue weighted by atomic mass is 35.5. The number of hydrogen-bond donors (Lipinski definition) is 1. The van der Waals surface area contributed by atoms with Crippen LogP contribution in [0, 0.1) is 20.2 Å². The van der Waals surface area contributed by atoms with E-state index in [2.05, 4.69) is 0 Å². The molecule has 10 nitrogen and oxygen atoms in total. The summed E-state index contributed by atoms with van der Waals surface area (Å²) in [5, 5.41) is 33.3. The van der Waals surface area contributed by atoms with Crippen LogP contribution in [-0.4, -0.2) is 30.7 Å². The van der Waals surface area contributed by atoms with Crippen molar-refractivity contribution in [3.05, 3.63) is 71.6 Å². The van der Waals surface area contributed by atoms with Crippen molar-refractivity contribution in [1.29, 1.82) is 0 Å². The number of aromatic nitrogens is 1. The van der Waals surface area contributed by atoms with Gasteiger partial charge in [0.2, 0.25) is 0 Å². The predicted octanol–water partition coefficient (Wildman–Crippen LogP) is 2.83. The van der Waals surface area contributed by atoms with Gasteiger partial charge in [0.05, 0.1) is 22.1 Å². The zero-order valence-electron chi connectivity index (χ0n) is 15.1. The Morgan fingerprint density at radius 3 is 2.32 bits per heavy atom. The van der Waals surface area contributed by atoms with E-state index in [1.165, 1.54) is 25.1 Å². The average molecular weight is 410 g/mol. The van der Waals surface area contributed by atoms with E-state index in [0.29, 0.717) is 0 Å². The van der Waals surface area contributed by atoms with Crippen molar-refractivity contribution in [2.45, 2.75) is 38.0 Å². The van der Waals surface area contributed by atoms with Gasteiger partial charge in [-0.05, 0) is 26.8 Å². The molecule has 1 aliphatic rings. The molecule has 1 N–H and O–H groups in total. The number of non-ortho nitro benzene ring substituents is 1. The second-order valence-corrected chi connectivity index (χ2v) is 7.56. The summed E-state index contributed by atoms with van der Waals surface area (Å²) >= 11 is 5.90. The van der Waals surface area contributed by atoms with Crippen LogP contribution in [0.25, 0.3) is 0 Å². The van der Waals surface area contributed by atoms with Crippen LogP contribution < -0.4 is 10.3 Å². The number of nitro benzene ring substituents is 1. The fourth-order valence-electron chi connectivity index (χ4n) is 3.23. The van der Waals surface area contributed by atoms with E-state index < -0.39 is 43.4 Å². The van der Waals surface area contributed by atoms with Crippen molar-refractivity contribution >= 4 is 23.0 Å². The summed E-state index contributed by atoms with van der Waals surface area (Å²) in [5.41, 5.74) is -4.41. The lowest BCUT2D eigenvalue weighted by molar-refractivity contribution is -0.385. The molecule has 2 aromatic rings. The van der Waals surface area contributed by atoms with Crippen molar-refractivity contribution in [3.8, 4) is 5.75 Å². The van der Waals surface area contributed by atoms with E-state index >= 15 is 0 Å². The summed E-state index contributed by atoms with van der Waals surface area (Å²) in [6.45, 7) is 4.54. The second kappa shape index (κ2) is 6.28. The molecular weight excluding hydrogens is 394 g/mol. The van der Waals surface area contributed by atoms with Gasteiger partial charge in [-0.1, -0.05) is 11.6 Å². The number of fused-ring (bicyclic) bond motifs is 1. The number of ether oxygens (including phenoxy) is 1. The number of hydrogen-bond acceptors (Lipinski definition) is 7. The zero-order chi connectivity index (χ0) is 21.0. The van der Waals surface area contributed by atoms with Crippen LogP contribution in [0.1, 0.15) is 32.4 Å². The van der Waals surface area contributed by atoms with Gasteiger partial charge in [-0.2, -0.15) is 0 Å². The maximum absolute atomic E-state index is 12.7. The number of nitro groups is 2. The Bertz CT molecular complexity index is 1060. The van der Waals surface area contributed by atoms with E-state index in [-0.39, 0.29) is 17.0 Å². The lowest BCUT2D eigenvalue weighted by Gasteiger charge is -2.49. The van der Waals surface area contributed by atoms with Gasteiger partial charge in [0.1, 0.15) is 22.0 Å². The minimum Gasteiger partial charge on any atom is -0.484 e. The van der Waals surface area contributed by atoms with E-state index in [4.69, 9.17) is 16.3 Å². The summed E-state index contributed by atoms with van der Waals surface area (Å²) in [6, 6.07) is 3.45. The molecule has 0 spiro atoms. The Kier molecular flexibility index (Phi) is 4.43. The normalized spacial score (nSPS) is 22.8. The maximum Gasteiger partial charge on any atom is 0.287 e. The zero-order valence-corrected chi connectivity index (χ0v) is 15.8. The molecule has 1 aromatic carbocycles. The van der Waals surface area contributed by atoms with Gasteiger partial charge < -0.3 is 9.84 Å². The Hall–Kier alpha value is -2.98. The SMILES string of the molecule is CC1(C)Oc2ccc([N+](=O)[O-])cc2C(n2cc([N+](=O)[O-])cc(Cl)c2=O)C1(C)O. The standard InChI is InChI=1S/C17H16ClN3O7/c1-16(2)17(3,23)14(11-6-9(20(24)25)4-5-13(11)28-16)19-8-10(21(26)27)7-12(18)15(19)22/h4-8,14,23H,1-3H3. The van der Waals surface area contributed by atoms with Crippen LogP contribution >= 0.6 is 11.6 Å². The first-order valence-electron chi connectivity index (χ1n) is 8.12. The van der Waals surface area contributed by atoms with Gasteiger partial charge in [0, 0.05) is 23.8 Å². The molecule has 0 amide bonds. The fourth-order valence-corrected chi connectivity index (χ4v) is 3.44. The molecule has 1 aliphatic heterocycles. The monoisotopic (exact) mass is 409 g/mol. The number of aliphatic hydroxyl groups is 1. The Morgan fingerprint density at radius 2 is 1.75 bits per heavy atom. The molecule has 0 radical (unpaired) electrons. The molecule has 2 heterocycles. The van der Waals surface area contributed by atoms with Crippen LogP contribution in [-0.2, 0) is 0 Å². The van der Waals surface area contributed by atoms with Gasteiger partial charge in [-0.25, -0.2) is 0 Å². The molecule has 2 atom stereocenters. The van der Waals surface area contributed by atoms with Crippen molar-refractivity contribution in [3.63, 3.8) is 0 Å². The molecule has 1 aromatic heterocycles. The molecule has 0 aliphatic carbocycles. The largest absolute Gasteiger partial charge is 0.484 e. The minimum atomic E-state index is -1.78. The van der Waals surface area contributed by atoms with Gasteiger partial charge in [-0.15, -0.1) is 0 Å². The fraction of sp³-hybridized carbons (Fsp3) is 0.353. The molecule has 0 fully saturated rings. The molecule has 0 saturated heterocycles. The Morgan fingerprint density at radius 1 is 1.14 bits per heavy atom. The highest BCUT2D eigenvalue weighted by Gasteiger charge is 2.54. The third-order valence-electron chi connectivity index (χ3n) is 5.09. The van der Waals surface area contributed by atoms with Crippen molar-refractivity contribution in [2.24, 2.45) is 0 Å². The van der Waals surface area contributed by atoms with E-state index in [0.717, 1.165) is 16.8 Å². The van der Waals surface area contributed by atoms with Gasteiger partial charge >= 0.3 is 0 Å². The predicted molar refractivity (Wildman–Crippen MR) is 98.9 cm³/mol. The number of benzene rings is 1. The smallest absolute Gasteiger partial charge is 0.287 e. The third kappa shape index (κ3) is 2.90. The first-order valence-corrected chi connectivity index (χ1v) is 8.50. The quantitative estimate of drug-likeness (QED) is 0.607. The van der Waals surface area contributed by atoms with Crippen molar-refractivity contribution < 1.29 is 19.7 Å². The maximum atomic E-state index is 12.7. The Labute approximate surface area is 163 Å². The molecule has 148 valence electrons. The third-order valence-corrected chi connectivity index (χ3v) is 5.36. The summed E-state index contributed by atoms with van der Waals surface area (Å²) in [4.78, 5) is 33.8.